The second kappa shape index (κ2) is 8.73. The number of nitrogens with one attached hydrogen (secondary N) is 2. The van der Waals surface area contributed by atoms with Crippen molar-refractivity contribution in [3.63, 3.8) is 0 Å². The minimum absolute atomic E-state index is 0.0286. The molecule has 0 saturated heterocycles. The number of aryl methyl sites for hydroxylation is 1. The monoisotopic (exact) mass is 387 g/mol. The number of H-pyrrole nitrogens is 2. The third kappa shape index (κ3) is 4.37. The number of benzene rings is 2. The van der Waals surface area contributed by atoms with E-state index in [0.29, 0.717) is 5.56 Å². The van der Waals surface area contributed by atoms with Crippen LogP contribution in [0.25, 0.3) is 22.2 Å². The summed E-state index contributed by atoms with van der Waals surface area (Å²) in [5, 5.41) is 15.5. The third-order valence-electron chi connectivity index (χ3n) is 5.19. The van der Waals surface area contributed by atoms with Gasteiger partial charge in [-0.3, -0.25) is 15.0 Å². The zero-order valence-electron chi connectivity index (χ0n) is 16.6. The van der Waals surface area contributed by atoms with Gasteiger partial charge in [-0.1, -0.05) is 48.9 Å². The van der Waals surface area contributed by atoms with Gasteiger partial charge < -0.3 is 4.90 Å². The number of amides is 1. The van der Waals surface area contributed by atoms with Crippen LogP contribution in [0.1, 0.15) is 35.3 Å². The van der Waals surface area contributed by atoms with Gasteiger partial charge in [-0.25, -0.2) is 0 Å². The molecule has 0 saturated carbocycles. The van der Waals surface area contributed by atoms with Crippen LogP contribution in [0.15, 0.2) is 60.8 Å². The zero-order chi connectivity index (χ0) is 20.1. The van der Waals surface area contributed by atoms with Crippen molar-refractivity contribution < 1.29 is 4.79 Å². The van der Waals surface area contributed by atoms with Gasteiger partial charge in [0.1, 0.15) is 0 Å². The summed E-state index contributed by atoms with van der Waals surface area (Å²) in [6, 6.07) is 18.0. The number of hydrogen-bond acceptors (Lipinski definition) is 3. The lowest BCUT2D eigenvalue weighted by Crippen LogP contribution is -2.28. The minimum Gasteiger partial charge on any atom is -0.342 e. The maximum atomic E-state index is 12.7. The molecule has 6 heteroatoms. The summed E-state index contributed by atoms with van der Waals surface area (Å²) < 4.78 is 0. The van der Waals surface area contributed by atoms with Crippen LogP contribution in [-0.2, 0) is 6.42 Å². The molecule has 4 aromatic rings. The van der Waals surface area contributed by atoms with Crippen LogP contribution in [0.5, 0.6) is 0 Å². The first-order valence-corrected chi connectivity index (χ1v) is 9.99. The number of carbonyl (C=O) groups excluding carboxylic acids is 1. The fraction of sp³-hybridized carbons (Fsp3) is 0.261. The average molecular weight is 387 g/mol. The molecule has 0 bridgehead atoms. The molecule has 1 amide bonds. The molecule has 2 heterocycles. The molecule has 2 aromatic heterocycles. The highest BCUT2D eigenvalue weighted by molar-refractivity contribution is 6.05. The molecule has 0 fully saturated rings. The minimum atomic E-state index is 0.0286. The van der Waals surface area contributed by atoms with E-state index in [2.05, 4.69) is 38.6 Å². The highest BCUT2D eigenvalue weighted by atomic mass is 16.2. The highest BCUT2D eigenvalue weighted by Gasteiger charge is 2.15. The van der Waals surface area contributed by atoms with Gasteiger partial charge in [0.25, 0.3) is 5.91 Å². The first-order chi connectivity index (χ1) is 14.2. The summed E-state index contributed by atoms with van der Waals surface area (Å²) in [5.41, 5.74) is 4.74. The van der Waals surface area contributed by atoms with E-state index in [1.165, 1.54) is 0 Å². The van der Waals surface area contributed by atoms with E-state index < -0.39 is 0 Å². The van der Waals surface area contributed by atoms with Crippen molar-refractivity contribution in [3.05, 3.63) is 72.1 Å². The van der Waals surface area contributed by atoms with Gasteiger partial charge >= 0.3 is 0 Å². The van der Waals surface area contributed by atoms with E-state index in [4.69, 9.17) is 0 Å². The standard InChI is InChI=1S/C23H25N5O/c1-28(23(29)20-13-8-11-18-16-24-27-22(18)20)14-7-3-6-12-19-15-21(26-25-19)17-9-4-2-5-10-17/h2,4-5,8-11,13,15-16H,3,6-7,12,14H2,1H3,(H,24,27)(H,25,26). The van der Waals surface area contributed by atoms with Crippen molar-refractivity contribution in [2.75, 3.05) is 13.6 Å². The smallest absolute Gasteiger partial charge is 0.255 e. The van der Waals surface area contributed by atoms with E-state index in [9.17, 15) is 4.79 Å². The predicted octanol–water partition coefficient (Wildman–Crippen LogP) is 4.44. The molecular weight excluding hydrogens is 362 g/mol. The van der Waals surface area contributed by atoms with Gasteiger partial charge in [-0.05, 0) is 31.4 Å². The predicted molar refractivity (Wildman–Crippen MR) is 115 cm³/mol. The molecule has 0 aliphatic rings. The fourth-order valence-corrected chi connectivity index (χ4v) is 3.54. The number of para-hydroxylation sites is 1. The van der Waals surface area contributed by atoms with E-state index in [-0.39, 0.29) is 5.91 Å². The molecule has 4 rings (SSSR count). The van der Waals surface area contributed by atoms with Gasteiger partial charge in [0.2, 0.25) is 0 Å². The number of hydrogen-bond donors (Lipinski definition) is 2. The molecule has 0 unspecified atom stereocenters. The summed E-state index contributed by atoms with van der Waals surface area (Å²) in [4.78, 5) is 14.5. The quantitative estimate of drug-likeness (QED) is 0.439. The first-order valence-electron chi connectivity index (χ1n) is 9.99. The molecular formula is C23H25N5O. The van der Waals surface area contributed by atoms with Gasteiger partial charge in [-0.15, -0.1) is 0 Å². The first kappa shape index (κ1) is 18.9. The average Bonchev–Trinajstić information content (AvgIpc) is 3.43. The fourth-order valence-electron chi connectivity index (χ4n) is 3.54. The third-order valence-corrected chi connectivity index (χ3v) is 5.19. The lowest BCUT2D eigenvalue weighted by molar-refractivity contribution is 0.0794. The van der Waals surface area contributed by atoms with E-state index in [1.54, 1.807) is 11.1 Å². The molecule has 0 aliphatic carbocycles. The molecule has 0 radical (unpaired) electrons. The van der Waals surface area contributed by atoms with E-state index in [0.717, 1.165) is 60.1 Å². The summed E-state index contributed by atoms with van der Waals surface area (Å²) in [7, 11) is 1.86. The Balaban J connectivity index is 1.23. The molecule has 0 spiro atoms. The highest BCUT2D eigenvalue weighted by Crippen LogP contribution is 2.19. The molecule has 0 atom stereocenters. The van der Waals surface area contributed by atoms with Gasteiger partial charge in [-0.2, -0.15) is 10.2 Å². The number of nitrogens with zero attached hydrogens (tertiary/aromatic N) is 3. The lowest BCUT2D eigenvalue weighted by atomic mass is 10.1. The maximum Gasteiger partial charge on any atom is 0.255 e. The van der Waals surface area contributed by atoms with Crippen LogP contribution < -0.4 is 0 Å². The number of unbranched alkanes of at least 4 members (excludes halogenated alkanes) is 2. The van der Waals surface area contributed by atoms with E-state index >= 15 is 0 Å². The molecule has 2 N–H and O–H groups in total. The Morgan fingerprint density at radius 1 is 1.00 bits per heavy atom. The van der Waals surface area contributed by atoms with Crippen molar-refractivity contribution in [1.29, 1.82) is 0 Å². The Kier molecular flexibility index (Phi) is 5.70. The molecule has 6 nitrogen and oxygen atoms in total. The Morgan fingerprint density at radius 2 is 1.86 bits per heavy atom. The van der Waals surface area contributed by atoms with Gasteiger partial charge in [0.15, 0.2) is 0 Å². The second-order valence-electron chi connectivity index (χ2n) is 7.32. The SMILES string of the molecule is CN(CCCCCc1cc(-c2ccccc2)n[nH]1)C(=O)c1cccc2cn[nH]c12. The lowest BCUT2D eigenvalue weighted by Gasteiger charge is -2.17. The number of fused-ring (bicyclic) bond motifs is 1. The number of rotatable bonds is 8. The van der Waals surface area contributed by atoms with Crippen LogP contribution >= 0.6 is 0 Å². The van der Waals surface area contributed by atoms with Crippen LogP contribution in [-0.4, -0.2) is 44.8 Å². The Bertz CT molecular complexity index is 1080. The number of aromatic nitrogens is 4. The van der Waals surface area contributed by atoms with Crippen LogP contribution in [0.4, 0.5) is 0 Å². The summed E-state index contributed by atoms with van der Waals surface area (Å²) >= 11 is 0. The Morgan fingerprint density at radius 3 is 2.72 bits per heavy atom. The van der Waals surface area contributed by atoms with Gasteiger partial charge in [0.05, 0.1) is 23.0 Å². The second-order valence-corrected chi connectivity index (χ2v) is 7.32. The van der Waals surface area contributed by atoms with Crippen molar-refractivity contribution >= 4 is 16.8 Å². The van der Waals surface area contributed by atoms with Crippen molar-refractivity contribution in [3.8, 4) is 11.3 Å². The Hall–Kier alpha value is -3.41. The molecule has 2 aromatic carbocycles. The Labute approximate surface area is 169 Å². The molecule has 29 heavy (non-hydrogen) atoms. The maximum absolute atomic E-state index is 12.7. The number of aromatic amines is 2. The van der Waals surface area contributed by atoms with Crippen LogP contribution in [0.2, 0.25) is 0 Å². The van der Waals surface area contributed by atoms with Crippen LogP contribution in [0, 0.1) is 0 Å². The molecule has 0 aliphatic heterocycles. The van der Waals surface area contributed by atoms with Crippen molar-refractivity contribution in [2.24, 2.45) is 0 Å². The largest absolute Gasteiger partial charge is 0.342 e. The molecule has 148 valence electrons. The van der Waals surface area contributed by atoms with Crippen molar-refractivity contribution in [1.82, 2.24) is 25.3 Å². The zero-order valence-corrected chi connectivity index (χ0v) is 16.6. The number of carbonyl (C=O) groups is 1. The van der Waals surface area contributed by atoms with Crippen LogP contribution in [0.3, 0.4) is 0 Å². The summed E-state index contributed by atoms with van der Waals surface area (Å²) in [5.74, 6) is 0.0286. The normalized spacial score (nSPS) is 11.1. The van der Waals surface area contributed by atoms with Crippen molar-refractivity contribution in [2.45, 2.75) is 25.7 Å². The van der Waals surface area contributed by atoms with Gasteiger partial charge in [0, 0.05) is 30.2 Å². The topological polar surface area (TPSA) is 77.7 Å². The van der Waals surface area contributed by atoms with E-state index in [1.807, 2.05) is 43.4 Å². The summed E-state index contributed by atoms with van der Waals surface area (Å²) in [6.45, 7) is 0.738. The summed E-state index contributed by atoms with van der Waals surface area (Å²) in [6.07, 6.45) is 5.80.